The summed E-state index contributed by atoms with van der Waals surface area (Å²) in [5.74, 6) is 9.50. The van der Waals surface area contributed by atoms with Gasteiger partial charge in [-0.2, -0.15) is 0 Å². The van der Waals surface area contributed by atoms with Crippen molar-refractivity contribution >= 4 is 11.8 Å². The van der Waals surface area contributed by atoms with Crippen molar-refractivity contribution in [2.75, 3.05) is 52.6 Å². The molecular formula is C12H28N6O4. The average Bonchev–Trinajstić information content (AvgIpc) is 2.54. The topological polar surface area (TPSA) is 153 Å². The number of hydrazine groups is 2. The van der Waals surface area contributed by atoms with E-state index in [-0.39, 0.29) is 11.8 Å². The Morgan fingerprint density at radius 1 is 0.682 bits per heavy atom. The minimum absolute atomic E-state index is 0.195. The molecule has 0 aromatic heterocycles. The van der Waals surface area contributed by atoms with Crippen molar-refractivity contribution < 1.29 is 19.1 Å². The molecule has 0 aliphatic heterocycles. The van der Waals surface area contributed by atoms with Crippen LogP contribution in [0.5, 0.6) is 0 Å². The molecule has 0 saturated carbocycles. The predicted octanol–water partition coefficient (Wildman–Crippen LogP) is -3.04. The molecule has 0 fully saturated rings. The molecule has 0 heterocycles. The maximum absolute atomic E-state index is 10.8. The maximum Gasteiger partial charge on any atom is 0.235 e. The molecule has 0 aliphatic rings. The van der Waals surface area contributed by atoms with E-state index in [1.54, 1.807) is 0 Å². The van der Waals surface area contributed by atoms with Gasteiger partial charge >= 0.3 is 0 Å². The Labute approximate surface area is 130 Å². The van der Waals surface area contributed by atoms with E-state index in [1.165, 1.54) is 0 Å². The van der Waals surface area contributed by atoms with Crippen LogP contribution in [-0.2, 0) is 19.1 Å². The molecule has 0 aliphatic carbocycles. The Balaban J connectivity index is 3.05. The lowest BCUT2D eigenvalue weighted by atomic mass is 10.4. The second-order valence-electron chi connectivity index (χ2n) is 4.36. The number of ether oxygens (including phenoxy) is 2. The number of carbonyl (C=O) groups is 2. The standard InChI is InChI=1S/C12H28N6O4/c13-17-11(19)1-3-15-5-7-21-9-10-22-8-6-16-4-2-12(20)18-14/h15-16H,1-10,13-14H2,(H,17,19)(H,18,20). The van der Waals surface area contributed by atoms with Gasteiger partial charge in [-0.15, -0.1) is 0 Å². The van der Waals surface area contributed by atoms with Crippen molar-refractivity contribution in [3.63, 3.8) is 0 Å². The summed E-state index contributed by atoms with van der Waals surface area (Å²) in [6.07, 6.45) is 0.694. The van der Waals surface area contributed by atoms with Crippen LogP contribution in [0.1, 0.15) is 12.8 Å². The van der Waals surface area contributed by atoms with Gasteiger partial charge in [0.1, 0.15) is 0 Å². The van der Waals surface area contributed by atoms with Crippen molar-refractivity contribution in [3.8, 4) is 0 Å². The lowest BCUT2D eigenvalue weighted by molar-refractivity contribution is -0.121. The van der Waals surface area contributed by atoms with Gasteiger partial charge in [0, 0.05) is 39.0 Å². The Morgan fingerprint density at radius 2 is 1.09 bits per heavy atom. The van der Waals surface area contributed by atoms with Gasteiger partial charge in [0.05, 0.1) is 26.4 Å². The number of carbonyl (C=O) groups excluding carboxylic acids is 2. The monoisotopic (exact) mass is 320 g/mol. The van der Waals surface area contributed by atoms with E-state index in [0.717, 1.165) is 0 Å². The molecule has 0 rings (SSSR count). The fourth-order valence-corrected chi connectivity index (χ4v) is 1.41. The fourth-order valence-electron chi connectivity index (χ4n) is 1.41. The first-order chi connectivity index (χ1) is 10.7. The SMILES string of the molecule is NNC(=O)CCNCCOCCOCCNCCC(=O)NN. The lowest BCUT2D eigenvalue weighted by Gasteiger charge is -2.07. The highest BCUT2D eigenvalue weighted by Crippen LogP contribution is 1.80. The molecule has 8 N–H and O–H groups in total. The summed E-state index contributed by atoms with van der Waals surface area (Å²) in [7, 11) is 0. The number of nitrogens with one attached hydrogen (secondary N) is 4. The first kappa shape index (κ1) is 20.7. The predicted molar refractivity (Wildman–Crippen MR) is 81.3 cm³/mol. The van der Waals surface area contributed by atoms with Crippen LogP contribution in [0, 0.1) is 0 Å². The molecule has 0 bridgehead atoms. The Morgan fingerprint density at radius 3 is 1.45 bits per heavy atom. The number of amides is 2. The molecular weight excluding hydrogens is 292 g/mol. The average molecular weight is 320 g/mol. The quantitative estimate of drug-likeness (QED) is 0.0806. The maximum atomic E-state index is 10.8. The highest BCUT2D eigenvalue weighted by Gasteiger charge is 1.97. The van der Waals surface area contributed by atoms with E-state index in [1.807, 2.05) is 0 Å². The zero-order valence-electron chi connectivity index (χ0n) is 12.9. The van der Waals surface area contributed by atoms with E-state index in [9.17, 15) is 9.59 Å². The van der Waals surface area contributed by atoms with E-state index in [0.29, 0.717) is 65.4 Å². The summed E-state index contributed by atoms with van der Waals surface area (Å²) in [4.78, 5) is 21.6. The zero-order valence-corrected chi connectivity index (χ0v) is 12.9. The lowest BCUT2D eigenvalue weighted by Crippen LogP contribution is -2.33. The van der Waals surface area contributed by atoms with Crippen LogP contribution in [0.15, 0.2) is 0 Å². The summed E-state index contributed by atoms with van der Waals surface area (Å²) in [5, 5.41) is 6.11. The molecule has 0 unspecified atom stereocenters. The molecule has 130 valence electrons. The third-order valence-electron chi connectivity index (χ3n) is 2.60. The Bertz CT molecular complexity index is 265. The number of nitrogens with two attached hydrogens (primary N) is 2. The van der Waals surface area contributed by atoms with Crippen LogP contribution in [0.4, 0.5) is 0 Å². The van der Waals surface area contributed by atoms with E-state index >= 15 is 0 Å². The second kappa shape index (κ2) is 16.1. The first-order valence-corrected chi connectivity index (χ1v) is 7.26. The summed E-state index contributed by atoms with van der Waals surface area (Å²) < 4.78 is 10.7. The van der Waals surface area contributed by atoms with Gasteiger partial charge < -0.3 is 20.1 Å². The van der Waals surface area contributed by atoms with Crippen molar-refractivity contribution in [2.45, 2.75) is 12.8 Å². The zero-order chi connectivity index (χ0) is 16.5. The van der Waals surface area contributed by atoms with Crippen LogP contribution in [0.2, 0.25) is 0 Å². The van der Waals surface area contributed by atoms with Gasteiger partial charge in [-0.1, -0.05) is 0 Å². The fraction of sp³-hybridized carbons (Fsp3) is 0.833. The number of hydrogen-bond acceptors (Lipinski definition) is 8. The van der Waals surface area contributed by atoms with Crippen molar-refractivity contribution in [1.29, 1.82) is 0 Å². The van der Waals surface area contributed by atoms with E-state index in [2.05, 4.69) is 21.5 Å². The van der Waals surface area contributed by atoms with Gasteiger partial charge in [0.25, 0.3) is 0 Å². The van der Waals surface area contributed by atoms with Crippen molar-refractivity contribution in [1.82, 2.24) is 21.5 Å². The van der Waals surface area contributed by atoms with Crippen LogP contribution in [0.25, 0.3) is 0 Å². The molecule has 0 saturated heterocycles. The summed E-state index contributed by atoms with van der Waals surface area (Å²) in [6.45, 7) is 4.61. The van der Waals surface area contributed by atoms with Crippen molar-refractivity contribution in [2.24, 2.45) is 11.7 Å². The molecule has 22 heavy (non-hydrogen) atoms. The summed E-state index contributed by atoms with van der Waals surface area (Å²) >= 11 is 0. The Kier molecular flexibility index (Phi) is 15.1. The number of rotatable bonds is 15. The van der Waals surface area contributed by atoms with Gasteiger partial charge in [-0.25, -0.2) is 11.7 Å². The highest BCUT2D eigenvalue weighted by atomic mass is 16.5. The molecule has 0 radical (unpaired) electrons. The van der Waals surface area contributed by atoms with Crippen LogP contribution < -0.4 is 33.2 Å². The van der Waals surface area contributed by atoms with Gasteiger partial charge in [-0.05, 0) is 0 Å². The van der Waals surface area contributed by atoms with Crippen LogP contribution in [0.3, 0.4) is 0 Å². The molecule has 0 aromatic rings. The molecule has 0 atom stereocenters. The summed E-state index contributed by atoms with van der Waals surface area (Å²) in [5.41, 5.74) is 4.12. The Hall–Kier alpha value is -1.30. The minimum Gasteiger partial charge on any atom is -0.378 e. The second-order valence-corrected chi connectivity index (χ2v) is 4.36. The van der Waals surface area contributed by atoms with Crippen molar-refractivity contribution in [3.05, 3.63) is 0 Å². The van der Waals surface area contributed by atoms with Crippen LogP contribution >= 0.6 is 0 Å². The largest absolute Gasteiger partial charge is 0.378 e. The van der Waals surface area contributed by atoms with E-state index < -0.39 is 0 Å². The number of hydrogen-bond donors (Lipinski definition) is 6. The summed E-state index contributed by atoms with van der Waals surface area (Å²) in [6, 6.07) is 0. The van der Waals surface area contributed by atoms with Crippen LogP contribution in [-0.4, -0.2) is 64.4 Å². The third-order valence-corrected chi connectivity index (χ3v) is 2.60. The molecule has 0 aromatic carbocycles. The molecule has 2 amide bonds. The van der Waals surface area contributed by atoms with Gasteiger partial charge in [-0.3, -0.25) is 20.4 Å². The van der Waals surface area contributed by atoms with Gasteiger partial charge in [0.15, 0.2) is 0 Å². The minimum atomic E-state index is -0.195. The first-order valence-electron chi connectivity index (χ1n) is 7.26. The molecule has 0 spiro atoms. The molecule has 10 nitrogen and oxygen atoms in total. The highest BCUT2D eigenvalue weighted by molar-refractivity contribution is 5.75. The van der Waals surface area contributed by atoms with E-state index in [4.69, 9.17) is 21.2 Å². The molecule has 10 heteroatoms. The third kappa shape index (κ3) is 15.1. The van der Waals surface area contributed by atoms with Gasteiger partial charge in [0.2, 0.25) is 11.8 Å². The smallest absolute Gasteiger partial charge is 0.235 e. The normalized spacial score (nSPS) is 10.5.